The highest BCUT2D eigenvalue weighted by atomic mass is 16.5. The molecule has 2 heterocycles. The highest BCUT2D eigenvalue weighted by molar-refractivity contribution is 4.81. The van der Waals surface area contributed by atoms with Crippen molar-refractivity contribution < 1.29 is 14.6 Å². The SMILES string of the molecule is OCC(C1CCOCC1)N1CCOCC1. The Morgan fingerprint density at radius 3 is 2.27 bits per heavy atom. The molecule has 0 amide bonds. The minimum atomic E-state index is 0.269. The summed E-state index contributed by atoms with van der Waals surface area (Å²) in [6, 6.07) is 0.317. The number of aliphatic hydroxyl groups is 1. The Balaban J connectivity index is 1.88. The summed E-state index contributed by atoms with van der Waals surface area (Å²) in [5.74, 6) is 0.599. The lowest BCUT2D eigenvalue weighted by Gasteiger charge is -2.39. The Morgan fingerprint density at radius 1 is 1.07 bits per heavy atom. The van der Waals surface area contributed by atoms with Crippen molar-refractivity contribution in [2.75, 3.05) is 46.1 Å². The first kappa shape index (κ1) is 11.3. The van der Waals surface area contributed by atoms with Gasteiger partial charge in [-0.05, 0) is 18.8 Å². The van der Waals surface area contributed by atoms with Crippen molar-refractivity contribution >= 4 is 0 Å². The van der Waals surface area contributed by atoms with E-state index in [1.807, 2.05) is 0 Å². The lowest BCUT2D eigenvalue weighted by Crippen LogP contribution is -2.49. The van der Waals surface area contributed by atoms with Gasteiger partial charge < -0.3 is 14.6 Å². The van der Waals surface area contributed by atoms with Gasteiger partial charge in [-0.1, -0.05) is 0 Å². The van der Waals surface area contributed by atoms with Crippen molar-refractivity contribution in [2.45, 2.75) is 18.9 Å². The minimum Gasteiger partial charge on any atom is -0.395 e. The van der Waals surface area contributed by atoms with Gasteiger partial charge in [-0.25, -0.2) is 0 Å². The van der Waals surface area contributed by atoms with Crippen LogP contribution in [0.5, 0.6) is 0 Å². The summed E-state index contributed by atoms with van der Waals surface area (Å²) >= 11 is 0. The second kappa shape index (κ2) is 5.80. The number of aliphatic hydroxyl groups excluding tert-OH is 1. The van der Waals surface area contributed by atoms with Crippen LogP contribution in [0.1, 0.15) is 12.8 Å². The Kier molecular flexibility index (Phi) is 4.38. The van der Waals surface area contributed by atoms with Gasteiger partial charge in [-0.15, -0.1) is 0 Å². The fourth-order valence-corrected chi connectivity index (χ4v) is 2.57. The van der Waals surface area contributed by atoms with Gasteiger partial charge in [-0.2, -0.15) is 0 Å². The first-order chi connectivity index (χ1) is 7.42. The van der Waals surface area contributed by atoms with Crippen LogP contribution in [0.3, 0.4) is 0 Å². The van der Waals surface area contributed by atoms with Crippen LogP contribution >= 0.6 is 0 Å². The number of hydrogen-bond donors (Lipinski definition) is 1. The molecule has 88 valence electrons. The predicted octanol–water partition coefficient (Wildman–Crippen LogP) is 0.106. The topological polar surface area (TPSA) is 41.9 Å². The molecule has 4 nitrogen and oxygen atoms in total. The normalized spacial score (nSPS) is 27.8. The summed E-state index contributed by atoms with van der Waals surface area (Å²) in [6.07, 6.45) is 2.17. The van der Waals surface area contributed by atoms with E-state index >= 15 is 0 Å². The summed E-state index contributed by atoms with van der Waals surface area (Å²) in [4.78, 5) is 2.37. The standard InChI is InChI=1S/C11H21NO3/c13-9-11(10-1-5-14-6-2-10)12-3-7-15-8-4-12/h10-11,13H,1-9H2. The Labute approximate surface area is 91.2 Å². The smallest absolute Gasteiger partial charge is 0.0594 e. The number of rotatable bonds is 3. The maximum absolute atomic E-state index is 9.51. The van der Waals surface area contributed by atoms with Crippen LogP contribution in [-0.2, 0) is 9.47 Å². The third-order valence-electron chi connectivity index (χ3n) is 3.51. The number of ether oxygens (including phenoxy) is 2. The Morgan fingerprint density at radius 2 is 1.67 bits per heavy atom. The van der Waals surface area contributed by atoms with Gasteiger partial charge in [0.25, 0.3) is 0 Å². The molecule has 2 rings (SSSR count). The van der Waals surface area contributed by atoms with Gasteiger partial charge in [0, 0.05) is 32.3 Å². The molecule has 2 saturated heterocycles. The quantitative estimate of drug-likeness (QED) is 0.725. The summed E-state index contributed by atoms with van der Waals surface area (Å²) in [5, 5.41) is 9.51. The van der Waals surface area contributed by atoms with Crippen molar-refractivity contribution in [3.05, 3.63) is 0 Å². The molecular weight excluding hydrogens is 194 g/mol. The molecule has 0 aliphatic carbocycles. The van der Waals surface area contributed by atoms with Gasteiger partial charge in [0.2, 0.25) is 0 Å². The third-order valence-corrected chi connectivity index (χ3v) is 3.51. The molecule has 0 saturated carbocycles. The van der Waals surface area contributed by atoms with Crippen molar-refractivity contribution in [1.29, 1.82) is 0 Å². The van der Waals surface area contributed by atoms with Crippen molar-refractivity contribution in [3.63, 3.8) is 0 Å². The molecule has 0 spiro atoms. The first-order valence-electron chi connectivity index (χ1n) is 5.92. The zero-order valence-corrected chi connectivity index (χ0v) is 9.23. The average molecular weight is 215 g/mol. The van der Waals surface area contributed by atoms with E-state index in [1.165, 1.54) is 0 Å². The summed E-state index contributed by atoms with van der Waals surface area (Å²) in [6.45, 7) is 5.51. The average Bonchev–Trinajstić information content (AvgIpc) is 2.33. The number of hydrogen-bond acceptors (Lipinski definition) is 4. The molecule has 1 unspecified atom stereocenters. The molecule has 1 atom stereocenters. The molecule has 15 heavy (non-hydrogen) atoms. The zero-order chi connectivity index (χ0) is 10.5. The van der Waals surface area contributed by atoms with Crippen molar-refractivity contribution in [1.82, 2.24) is 4.90 Å². The van der Waals surface area contributed by atoms with Crippen LogP contribution in [0.2, 0.25) is 0 Å². The monoisotopic (exact) mass is 215 g/mol. The summed E-state index contributed by atoms with van der Waals surface area (Å²) in [7, 11) is 0. The molecule has 0 aromatic carbocycles. The highest BCUT2D eigenvalue weighted by Crippen LogP contribution is 2.23. The maximum atomic E-state index is 9.51. The Hall–Kier alpha value is -0.160. The van der Waals surface area contributed by atoms with Crippen molar-refractivity contribution in [3.8, 4) is 0 Å². The van der Waals surface area contributed by atoms with Crippen LogP contribution in [-0.4, -0.2) is 62.2 Å². The fraction of sp³-hybridized carbons (Fsp3) is 1.00. The van der Waals surface area contributed by atoms with Crippen LogP contribution in [0.15, 0.2) is 0 Å². The third kappa shape index (κ3) is 2.91. The lowest BCUT2D eigenvalue weighted by atomic mass is 9.91. The number of nitrogens with zero attached hydrogens (tertiary/aromatic N) is 1. The molecule has 1 N–H and O–H groups in total. The molecule has 2 aliphatic heterocycles. The predicted molar refractivity (Wildman–Crippen MR) is 56.8 cm³/mol. The van der Waals surface area contributed by atoms with Crippen LogP contribution in [0.4, 0.5) is 0 Å². The van der Waals surface area contributed by atoms with E-state index in [1.54, 1.807) is 0 Å². The molecule has 2 aliphatic rings. The first-order valence-corrected chi connectivity index (χ1v) is 5.92. The zero-order valence-electron chi connectivity index (χ0n) is 9.23. The second-order valence-electron chi connectivity index (χ2n) is 4.35. The van der Waals surface area contributed by atoms with E-state index in [9.17, 15) is 5.11 Å². The van der Waals surface area contributed by atoms with E-state index in [-0.39, 0.29) is 6.61 Å². The van der Waals surface area contributed by atoms with Crippen LogP contribution < -0.4 is 0 Å². The van der Waals surface area contributed by atoms with E-state index in [0.717, 1.165) is 52.4 Å². The van der Waals surface area contributed by atoms with Gasteiger partial charge in [-0.3, -0.25) is 4.90 Å². The molecule has 0 radical (unpaired) electrons. The van der Waals surface area contributed by atoms with E-state index in [2.05, 4.69) is 4.90 Å². The van der Waals surface area contributed by atoms with Gasteiger partial charge in [0.15, 0.2) is 0 Å². The molecule has 2 fully saturated rings. The molecule has 0 aromatic heterocycles. The van der Waals surface area contributed by atoms with Crippen molar-refractivity contribution in [2.24, 2.45) is 5.92 Å². The Bertz CT molecular complexity index is 159. The van der Waals surface area contributed by atoms with E-state index in [4.69, 9.17) is 9.47 Å². The largest absolute Gasteiger partial charge is 0.395 e. The van der Waals surface area contributed by atoms with Crippen LogP contribution in [0, 0.1) is 5.92 Å². The summed E-state index contributed by atoms with van der Waals surface area (Å²) in [5.41, 5.74) is 0. The molecule has 4 heteroatoms. The lowest BCUT2D eigenvalue weighted by molar-refractivity contribution is -0.0363. The second-order valence-corrected chi connectivity index (χ2v) is 4.35. The maximum Gasteiger partial charge on any atom is 0.0594 e. The van der Waals surface area contributed by atoms with Gasteiger partial charge in [0.05, 0.1) is 19.8 Å². The minimum absolute atomic E-state index is 0.269. The van der Waals surface area contributed by atoms with Gasteiger partial charge in [0.1, 0.15) is 0 Å². The number of morpholine rings is 1. The van der Waals surface area contributed by atoms with Gasteiger partial charge >= 0.3 is 0 Å². The van der Waals surface area contributed by atoms with E-state index < -0.39 is 0 Å². The van der Waals surface area contributed by atoms with Crippen LogP contribution in [0.25, 0.3) is 0 Å². The molecule has 0 bridgehead atoms. The summed E-state index contributed by atoms with van der Waals surface area (Å²) < 4.78 is 10.7. The fourth-order valence-electron chi connectivity index (χ4n) is 2.57. The van der Waals surface area contributed by atoms with E-state index in [0.29, 0.717) is 12.0 Å². The highest BCUT2D eigenvalue weighted by Gasteiger charge is 2.29. The molecule has 0 aromatic rings. The molecular formula is C11H21NO3.